The third-order valence-electron chi connectivity index (χ3n) is 3.22. The molecule has 1 amide bonds. The molecule has 0 saturated carbocycles. The summed E-state index contributed by atoms with van der Waals surface area (Å²) in [5.74, 6) is 0.175. The lowest BCUT2D eigenvalue weighted by Gasteiger charge is -2.17. The normalized spacial score (nSPS) is 10.9. The number of carbonyl (C=O) groups is 1. The molecule has 1 heterocycles. The highest BCUT2D eigenvalue weighted by atomic mass is 32.1. The van der Waals surface area contributed by atoms with Crippen LogP contribution >= 0.6 is 11.3 Å². The van der Waals surface area contributed by atoms with Gasteiger partial charge in [0.15, 0.2) is 5.13 Å². The quantitative estimate of drug-likeness (QED) is 0.576. The van der Waals surface area contributed by atoms with Gasteiger partial charge in [0.1, 0.15) is 10.7 Å². The zero-order chi connectivity index (χ0) is 15.7. The zero-order valence-corrected chi connectivity index (χ0v) is 14.1. The molecular formula is C14H27N5OS. The van der Waals surface area contributed by atoms with Crippen LogP contribution in [0.2, 0.25) is 0 Å². The lowest BCUT2D eigenvalue weighted by Crippen LogP contribution is -2.29. The first-order chi connectivity index (χ1) is 10.1. The van der Waals surface area contributed by atoms with E-state index in [9.17, 15) is 4.79 Å². The van der Waals surface area contributed by atoms with Crippen molar-refractivity contribution in [1.29, 1.82) is 0 Å². The van der Waals surface area contributed by atoms with Crippen LogP contribution in [0.1, 0.15) is 43.3 Å². The third-order valence-corrected chi connectivity index (χ3v) is 4.24. The van der Waals surface area contributed by atoms with E-state index in [1.807, 2.05) is 0 Å². The smallest absolute Gasteiger partial charge is 0.265 e. The summed E-state index contributed by atoms with van der Waals surface area (Å²) < 4.78 is 0. The molecule has 1 aromatic rings. The highest BCUT2D eigenvalue weighted by Gasteiger charge is 2.15. The molecule has 0 atom stereocenters. The van der Waals surface area contributed by atoms with Crippen molar-refractivity contribution in [2.24, 2.45) is 0 Å². The molecular weight excluding hydrogens is 286 g/mol. The minimum absolute atomic E-state index is 0.130. The molecule has 1 rings (SSSR count). The second kappa shape index (κ2) is 9.57. The summed E-state index contributed by atoms with van der Waals surface area (Å²) in [5, 5.41) is 6.77. The highest BCUT2D eigenvalue weighted by Crippen LogP contribution is 2.24. The highest BCUT2D eigenvalue weighted by molar-refractivity contribution is 7.18. The summed E-state index contributed by atoms with van der Waals surface area (Å²) in [6.07, 6.45) is 1.94. The Morgan fingerprint density at radius 1 is 1.29 bits per heavy atom. The molecule has 0 bridgehead atoms. The number of hydrogen-bond acceptors (Lipinski definition) is 6. The van der Waals surface area contributed by atoms with Crippen LogP contribution in [0.3, 0.4) is 0 Å². The minimum atomic E-state index is -0.130. The van der Waals surface area contributed by atoms with Crippen molar-refractivity contribution in [2.45, 2.75) is 33.6 Å². The molecule has 1 aromatic heterocycles. The van der Waals surface area contributed by atoms with Crippen molar-refractivity contribution in [3.63, 3.8) is 0 Å². The van der Waals surface area contributed by atoms with Crippen LogP contribution in [0.25, 0.3) is 0 Å². The molecule has 6 nitrogen and oxygen atoms in total. The van der Waals surface area contributed by atoms with Gasteiger partial charge in [-0.1, -0.05) is 32.1 Å². The summed E-state index contributed by atoms with van der Waals surface area (Å²) in [5.41, 5.74) is 5.80. The lowest BCUT2D eigenvalue weighted by atomic mass is 10.3. The van der Waals surface area contributed by atoms with E-state index >= 15 is 0 Å². The van der Waals surface area contributed by atoms with Crippen molar-refractivity contribution < 1.29 is 4.79 Å². The van der Waals surface area contributed by atoms with Gasteiger partial charge in [0.2, 0.25) is 0 Å². The van der Waals surface area contributed by atoms with E-state index in [1.54, 1.807) is 0 Å². The molecule has 0 aliphatic rings. The molecule has 120 valence electrons. The number of rotatable bonds is 10. The maximum Gasteiger partial charge on any atom is 0.265 e. The lowest BCUT2D eigenvalue weighted by molar-refractivity contribution is 0.0956. The van der Waals surface area contributed by atoms with Crippen LogP contribution in [0.4, 0.5) is 10.9 Å². The molecule has 0 fully saturated rings. The fraction of sp³-hybridized carbons (Fsp3) is 0.714. The Kier molecular flexibility index (Phi) is 8.07. The summed E-state index contributed by atoms with van der Waals surface area (Å²) in [7, 11) is 0. The van der Waals surface area contributed by atoms with E-state index in [4.69, 9.17) is 5.73 Å². The number of nitrogen functional groups attached to an aromatic ring is 1. The van der Waals surface area contributed by atoms with Gasteiger partial charge >= 0.3 is 0 Å². The van der Waals surface area contributed by atoms with E-state index in [-0.39, 0.29) is 5.91 Å². The van der Waals surface area contributed by atoms with Gasteiger partial charge in [0.05, 0.1) is 0 Å². The molecule has 7 heteroatoms. The number of thiazole rings is 1. The standard InChI is InChI=1S/C14H27N5OS/c1-4-8-17-14-18-12(15)11(21-14)13(20)16-9-7-10-19(5-2)6-3/h4-10,15H2,1-3H3,(H,16,20)(H,17,18). The van der Waals surface area contributed by atoms with Crippen LogP contribution in [-0.4, -0.2) is 48.5 Å². The predicted molar refractivity (Wildman–Crippen MR) is 90.0 cm³/mol. The number of nitrogens with two attached hydrogens (primary N) is 1. The molecule has 21 heavy (non-hydrogen) atoms. The first kappa shape index (κ1) is 17.7. The maximum absolute atomic E-state index is 12.1. The fourth-order valence-corrected chi connectivity index (χ4v) is 2.75. The number of nitrogens with one attached hydrogen (secondary N) is 2. The molecule has 0 spiro atoms. The van der Waals surface area contributed by atoms with E-state index in [1.165, 1.54) is 11.3 Å². The number of carbonyl (C=O) groups excluding carboxylic acids is 1. The van der Waals surface area contributed by atoms with Crippen LogP contribution in [0.5, 0.6) is 0 Å². The zero-order valence-electron chi connectivity index (χ0n) is 13.2. The summed E-state index contributed by atoms with van der Waals surface area (Å²) >= 11 is 1.31. The van der Waals surface area contributed by atoms with Gasteiger partial charge in [0.25, 0.3) is 5.91 Å². The van der Waals surface area contributed by atoms with Crippen molar-refractivity contribution in [3.8, 4) is 0 Å². The Bertz CT molecular complexity index is 431. The second-order valence-corrected chi connectivity index (χ2v) is 5.80. The summed E-state index contributed by atoms with van der Waals surface area (Å²) in [4.78, 5) is 19.1. The molecule has 0 saturated heterocycles. The summed E-state index contributed by atoms with van der Waals surface area (Å²) in [6.45, 7) is 10.9. The van der Waals surface area contributed by atoms with Crippen LogP contribution in [0, 0.1) is 0 Å². The Labute approximate surface area is 131 Å². The van der Waals surface area contributed by atoms with Gasteiger partial charge in [-0.3, -0.25) is 4.79 Å². The van der Waals surface area contributed by atoms with E-state index in [2.05, 4.69) is 41.3 Å². The van der Waals surface area contributed by atoms with E-state index in [0.717, 1.165) is 39.0 Å². The topological polar surface area (TPSA) is 83.3 Å². The number of nitrogens with zero attached hydrogens (tertiary/aromatic N) is 2. The van der Waals surface area contributed by atoms with Gasteiger partial charge < -0.3 is 21.3 Å². The Morgan fingerprint density at radius 3 is 2.62 bits per heavy atom. The van der Waals surface area contributed by atoms with Crippen molar-refractivity contribution in [3.05, 3.63) is 4.88 Å². The van der Waals surface area contributed by atoms with Crippen LogP contribution in [-0.2, 0) is 0 Å². The monoisotopic (exact) mass is 313 g/mol. The minimum Gasteiger partial charge on any atom is -0.382 e. The van der Waals surface area contributed by atoms with E-state index < -0.39 is 0 Å². The van der Waals surface area contributed by atoms with Gasteiger partial charge in [-0.25, -0.2) is 4.98 Å². The number of anilines is 2. The molecule has 0 radical (unpaired) electrons. The van der Waals surface area contributed by atoms with Gasteiger partial charge in [0, 0.05) is 13.1 Å². The average Bonchev–Trinajstić information content (AvgIpc) is 2.86. The molecule has 0 aliphatic carbocycles. The van der Waals surface area contributed by atoms with Gasteiger partial charge in [-0.05, 0) is 32.5 Å². The van der Waals surface area contributed by atoms with Gasteiger partial charge in [-0.15, -0.1) is 0 Å². The maximum atomic E-state index is 12.1. The van der Waals surface area contributed by atoms with Crippen LogP contribution < -0.4 is 16.4 Å². The second-order valence-electron chi connectivity index (χ2n) is 4.80. The van der Waals surface area contributed by atoms with E-state index in [0.29, 0.717) is 22.4 Å². The average molecular weight is 313 g/mol. The predicted octanol–water partition coefficient (Wildman–Crippen LogP) is 2.01. The molecule has 0 aromatic carbocycles. The van der Waals surface area contributed by atoms with Crippen molar-refractivity contribution in [2.75, 3.05) is 43.8 Å². The first-order valence-corrected chi connectivity index (χ1v) is 8.44. The van der Waals surface area contributed by atoms with Crippen molar-refractivity contribution >= 4 is 28.2 Å². The van der Waals surface area contributed by atoms with Gasteiger partial charge in [-0.2, -0.15) is 0 Å². The fourth-order valence-electron chi connectivity index (χ4n) is 1.93. The first-order valence-electron chi connectivity index (χ1n) is 7.63. The Morgan fingerprint density at radius 2 is 2.00 bits per heavy atom. The number of hydrogen-bond donors (Lipinski definition) is 3. The SMILES string of the molecule is CCCNc1nc(N)c(C(=O)NCCCN(CC)CC)s1. The van der Waals surface area contributed by atoms with Crippen LogP contribution in [0.15, 0.2) is 0 Å². The molecule has 0 unspecified atom stereocenters. The Balaban J connectivity index is 2.39. The van der Waals surface area contributed by atoms with Crippen molar-refractivity contribution in [1.82, 2.24) is 15.2 Å². The molecule has 4 N–H and O–H groups in total. The largest absolute Gasteiger partial charge is 0.382 e. The third kappa shape index (κ3) is 5.89. The Hall–Kier alpha value is -1.34. The molecule has 0 aliphatic heterocycles. The number of amides is 1. The summed E-state index contributed by atoms with van der Waals surface area (Å²) in [6, 6.07) is 0. The number of aromatic nitrogens is 1.